The third-order valence-electron chi connectivity index (χ3n) is 2.58. The first-order valence-corrected chi connectivity index (χ1v) is 5.99. The second-order valence-electron chi connectivity index (χ2n) is 3.81. The smallest absolute Gasteiger partial charge is 0.0738 e. The molecule has 78 valence electrons. The Morgan fingerprint density at radius 1 is 1.71 bits per heavy atom. The predicted octanol–water partition coefficient (Wildman–Crippen LogP) is 0.799. The lowest BCUT2D eigenvalue weighted by molar-refractivity contribution is 0.520. The van der Waals surface area contributed by atoms with Crippen LogP contribution in [0.25, 0.3) is 0 Å². The third kappa shape index (κ3) is 2.27. The van der Waals surface area contributed by atoms with E-state index in [-0.39, 0.29) is 0 Å². The van der Waals surface area contributed by atoms with Crippen molar-refractivity contribution in [1.82, 2.24) is 20.3 Å². The van der Waals surface area contributed by atoms with Gasteiger partial charge >= 0.3 is 0 Å². The highest BCUT2D eigenvalue weighted by molar-refractivity contribution is 8.00. The lowest BCUT2D eigenvalue weighted by Crippen LogP contribution is -2.29. The minimum atomic E-state index is 0.657. The molecule has 1 aromatic heterocycles. The van der Waals surface area contributed by atoms with Gasteiger partial charge in [0.25, 0.3) is 0 Å². The Balaban J connectivity index is 1.80. The maximum absolute atomic E-state index is 3.90. The zero-order valence-electron chi connectivity index (χ0n) is 8.60. The van der Waals surface area contributed by atoms with Crippen LogP contribution in [0.15, 0.2) is 6.20 Å². The predicted molar refractivity (Wildman–Crippen MR) is 58.2 cm³/mol. The molecule has 0 spiro atoms. The fourth-order valence-corrected chi connectivity index (χ4v) is 2.86. The van der Waals surface area contributed by atoms with Gasteiger partial charge in [-0.3, -0.25) is 4.68 Å². The van der Waals surface area contributed by atoms with E-state index >= 15 is 0 Å². The fraction of sp³-hybridized carbons (Fsp3) is 0.778. The summed E-state index contributed by atoms with van der Waals surface area (Å²) >= 11 is 2.05. The van der Waals surface area contributed by atoms with E-state index in [4.69, 9.17) is 0 Å². The quantitative estimate of drug-likeness (QED) is 0.805. The Bertz CT molecular complexity index is 299. The maximum Gasteiger partial charge on any atom is 0.0738 e. The summed E-state index contributed by atoms with van der Waals surface area (Å²) in [7, 11) is 1.93. The molecule has 1 fully saturated rings. The van der Waals surface area contributed by atoms with Gasteiger partial charge < -0.3 is 5.32 Å². The van der Waals surface area contributed by atoms with E-state index in [1.165, 1.54) is 12.2 Å². The van der Waals surface area contributed by atoms with Gasteiger partial charge in [-0.1, -0.05) is 12.1 Å². The van der Waals surface area contributed by atoms with Crippen molar-refractivity contribution in [3.63, 3.8) is 0 Å². The highest BCUT2D eigenvalue weighted by Gasteiger charge is 2.21. The second kappa shape index (κ2) is 4.31. The number of nitrogens with zero attached hydrogens (tertiary/aromatic N) is 3. The van der Waals surface area contributed by atoms with Crippen LogP contribution >= 0.6 is 11.8 Å². The van der Waals surface area contributed by atoms with Gasteiger partial charge in [-0.05, 0) is 6.42 Å². The Morgan fingerprint density at radius 3 is 3.14 bits per heavy atom. The summed E-state index contributed by atoms with van der Waals surface area (Å²) < 4.78 is 1.82. The van der Waals surface area contributed by atoms with Crippen LogP contribution in [0.5, 0.6) is 0 Å². The SMILES string of the molecule is CC1CC(NCc2cnnn2C)CS1. The van der Waals surface area contributed by atoms with Gasteiger partial charge in [0, 0.05) is 30.6 Å². The zero-order valence-corrected chi connectivity index (χ0v) is 9.42. The molecule has 2 heterocycles. The van der Waals surface area contributed by atoms with Gasteiger partial charge in [0.05, 0.1) is 11.9 Å². The van der Waals surface area contributed by atoms with E-state index in [0.29, 0.717) is 6.04 Å². The number of rotatable bonds is 3. The monoisotopic (exact) mass is 212 g/mol. The molecule has 0 radical (unpaired) electrons. The standard InChI is InChI=1S/C9H16N4S/c1-7-3-8(6-14-7)10-4-9-5-11-12-13(9)2/h5,7-8,10H,3-4,6H2,1-2H3. The Labute approximate surface area is 88.4 Å². The molecule has 0 aromatic carbocycles. The fourth-order valence-electron chi connectivity index (χ4n) is 1.68. The van der Waals surface area contributed by atoms with Crippen LogP contribution in [0, 0.1) is 0 Å². The Kier molecular flexibility index (Phi) is 3.08. The van der Waals surface area contributed by atoms with Crippen molar-refractivity contribution < 1.29 is 0 Å². The normalized spacial score (nSPS) is 27.0. The van der Waals surface area contributed by atoms with Gasteiger partial charge in [0.1, 0.15) is 0 Å². The molecule has 2 rings (SSSR count). The van der Waals surface area contributed by atoms with Crippen molar-refractivity contribution >= 4 is 11.8 Å². The summed E-state index contributed by atoms with van der Waals surface area (Å²) in [6.07, 6.45) is 3.09. The minimum Gasteiger partial charge on any atom is -0.307 e. The number of hydrogen-bond donors (Lipinski definition) is 1. The molecule has 1 aliphatic heterocycles. The molecule has 2 unspecified atom stereocenters. The van der Waals surface area contributed by atoms with Crippen LogP contribution in [0.4, 0.5) is 0 Å². The molecule has 2 atom stereocenters. The van der Waals surface area contributed by atoms with Crippen LogP contribution in [-0.4, -0.2) is 32.0 Å². The van der Waals surface area contributed by atoms with E-state index < -0.39 is 0 Å². The molecule has 14 heavy (non-hydrogen) atoms. The third-order valence-corrected chi connectivity index (χ3v) is 3.93. The first-order valence-electron chi connectivity index (χ1n) is 4.94. The number of thioether (sulfide) groups is 1. The molecule has 4 nitrogen and oxygen atoms in total. The number of aromatic nitrogens is 3. The summed E-state index contributed by atoms with van der Waals surface area (Å²) in [6.45, 7) is 3.17. The molecule has 1 saturated heterocycles. The van der Waals surface area contributed by atoms with E-state index in [2.05, 4.69) is 22.6 Å². The number of nitrogens with one attached hydrogen (secondary N) is 1. The maximum atomic E-state index is 3.90. The average molecular weight is 212 g/mol. The largest absolute Gasteiger partial charge is 0.307 e. The van der Waals surface area contributed by atoms with Crippen molar-refractivity contribution in [3.8, 4) is 0 Å². The van der Waals surface area contributed by atoms with E-state index in [1.54, 1.807) is 0 Å². The second-order valence-corrected chi connectivity index (χ2v) is 5.28. The van der Waals surface area contributed by atoms with Crippen LogP contribution < -0.4 is 5.32 Å². The van der Waals surface area contributed by atoms with Gasteiger partial charge in [-0.15, -0.1) is 5.10 Å². The van der Waals surface area contributed by atoms with E-state index in [0.717, 1.165) is 17.5 Å². The Hall–Kier alpha value is -0.550. The van der Waals surface area contributed by atoms with Gasteiger partial charge in [-0.25, -0.2) is 0 Å². The van der Waals surface area contributed by atoms with Crippen molar-refractivity contribution in [2.75, 3.05) is 5.75 Å². The molecule has 1 aliphatic rings. The molecule has 5 heteroatoms. The summed E-state index contributed by atoms with van der Waals surface area (Å²) in [5.41, 5.74) is 1.15. The van der Waals surface area contributed by atoms with Crippen molar-refractivity contribution in [2.45, 2.75) is 31.2 Å². The number of hydrogen-bond acceptors (Lipinski definition) is 4. The Morgan fingerprint density at radius 2 is 2.57 bits per heavy atom. The molecule has 0 saturated carbocycles. The summed E-state index contributed by atoms with van der Waals surface area (Å²) in [5.74, 6) is 1.23. The lowest BCUT2D eigenvalue weighted by Gasteiger charge is -2.10. The number of aryl methyl sites for hydroxylation is 1. The van der Waals surface area contributed by atoms with Gasteiger partial charge in [0.2, 0.25) is 0 Å². The molecule has 0 aliphatic carbocycles. The average Bonchev–Trinajstić information content (AvgIpc) is 2.72. The molecular weight excluding hydrogens is 196 g/mol. The topological polar surface area (TPSA) is 42.7 Å². The van der Waals surface area contributed by atoms with Crippen molar-refractivity contribution in [2.24, 2.45) is 7.05 Å². The van der Waals surface area contributed by atoms with Crippen molar-refractivity contribution in [3.05, 3.63) is 11.9 Å². The van der Waals surface area contributed by atoms with Crippen LogP contribution in [0.2, 0.25) is 0 Å². The van der Waals surface area contributed by atoms with Crippen molar-refractivity contribution in [1.29, 1.82) is 0 Å². The highest BCUT2D eigenvalue weighted by atomic mass is 32.2. The highest BCUT2D eigenvalue weighted by Crippen LogP contribution is 2.25. The minimum absolute atomic E-state index is 0.657. The van der Waals surface area contributed by atoms with E-state index in [1.807, 2.05) is 29.7 Å². The summed E-state index contributed by atoms with van der Waals surface area (Å²) in [4.78, 5) is 0. The van der Waals surface area contributed by atoms with Gasteiger partial charge in [0.15, 0.2) is 0 Å². The van der Waals surface area contributed by atoms with Crippen LogP contribution in [-0.2, 0) is 13.6 Å². The van der Waals surface area contributed by atoms with Crippen LogP contribution in [0.1, 0.15) is 19.0 Å². The molecular formula is C9H16N4S. The molecule has 0 amide bonds. The molecule has 0 bridgehead atoms. The summed E-state index contributed by atoms with van der Waals surface area (Å²) in [5, 5.41) is 12.1. The van der Waals surface area contributed by atoms with Crippen LogP contribution in [0.3, 0.4) is 0 Å². The van der Waals surface area contributed by atoms with E-state index in [9.17, 15) is 0 Å². The molecule has 1 N–H and O–H groups in total. The van der Waals surface area contributed by atoms with Gasteiger partial charge in [-0.2, -0.15) is 11.8 Å². The zero-order chi connectivity index (χ0) is 9.97. The molecule has 1 aromatic rings. The summed E-state index contributed by atoms with van der Waals surface area (Å²) in [6, 6.07) is 0.657. The first-order chi connectivity index (χ1) is 6.75. The first kappa shape index (κ1) is 9.98. The lowest BCUT2D eigenvalue weighted by atomic mass is 10.2.